The Bertz CT molecular complexity index is 926. The summed E-state index contributed by atoms with van der Waals surface area (Å²) >= 11 is 0. The average molecular weight is 346 g/mol. The summed E-state index contributed by atoms with van der Waals surface area (Å²) in [6, 6.07) is 24.1. The second-order valence-corrected chi connectivity index (χ2v) is 6.55. The van der Waals surface area contributed by atoms with Crippen molar-refractivity contribution in [2.24, 2.45) is 0 Å². The van der Waals surface area contributed by atoms with Crippen LogP contribution in [0.5, 0.6) is 0 Å². The first-order chi connectivity index (χ1) is 12.7. The van der Waals surface area contributed by atoms with E-state index in [9.17, 15) is 9.18 Å². The summed E-state index contributed by atoms with van der Waals surface area (Å²) in [5.74, 6) is -0.116. The zero-order valence-electron chi connectivity index (χ0n) is 14.2. The Kier molecular flexibility index (Phi) is 4.40. The van der Waals surface area contributed by atoms with Crippen LogP contribution in [0.15, 0.2) is 78.9 Å². The Balaban J connectivity index is 1.41. The number of benzene rings is 3. The molecule has 4 rings (SSSR count). The van der Waals surface area contributed by atoms with Gasteiger partial charge in [0.25, 0.3) is 5.91 Å². The monoisotopic (exact) mass is 346 g/mol. The highest BCUT2D eigenvalue weighted by molar-refractivity contribution is 6.04. The molecule has 0 saturated heterocycles. The van der Waals surface area contributed by atoms with Gasteiger partial charge in [0.05, 0.1) is 0 Å². The molecule has 0 radical (unpaired) electrons. The van der Waals surface area contributed by atoms with Crippen molar-refractivity contribution >= 4 is 17.3 Å². The molecule has 3 aromatic rings. The highest BCUT2D eigenvalue weighted by Gasteiger charge is 2.38. The van der Waals surface area contributed by atoms with Crippen LogP contribution in [0, 0.1) is 5.82 Å². The van der Waals surface area contributed by atoms with Crippen molar-refractivity contribution < 1.29 is 9.18 Å². The lowest BCUT2D eigenvalue weighted by molar-refractivity contribution is 0.102. The van der Waals surface area contributed by atoms with Crippen LogP contribution < -0.4 is 10.6 Å². The number of nitrogens with one attached hydrogen (secondary N) is 2. The Morgan fingerprint density at radius 3 is 2.46 bits per heavy atom. The molecule has 4 heteroatoms. The van der Waals surface area contributed by atoms with Gasteiger partial charge in [-0.3, -0.25) is 4.79 Å². The summed E-state index contributed by atoms with van der Waals surface area (Å²) in [7, 11) is 0. The standard InChI is InChI=1S/C22H19FN2O/c23-17-9-5-11-19(13-17)25-22(26)16-8-4-10-18(12-16)24-21-14-20(21)15-6-2-1-3-7-15/h1-13,20-21,24H,14H2,(H,25,26). The topological polar surface area (TPSA) is 41.1 Å². The average Bonchev–Trinajstić information content (AvgIpc) is 3.42. The zero-order chi connectivity index (χ0) is 17.9. The van der Waals surface area contributed by atoms with E-state index >= 15 is 0 Å². The van der Waals surface area contributed by atoms with Gasteiger partial charge in [-0.15, -0.1) is 0 Å². The van der Waals surface area contributed by atoms with E-state index in [0.29, 0.717) is 23.2 Å². The second-order valence-electron chi connectivity index (χ2n) is 6.55. The van der Waals surface area contributed by atoms with E-state index in [-0.39, 0.29) is 11.7 Å². The molecule has 3 aromatic carbocycles. The van der Waals surface area contributed by atoms with E-state index in [1.165, 1.54) is 17.7 Å². The smallest absolute Gasteiger partial charge is 0.255 e. The Morgan fingerprint density at radius 2 is 1.65 bits per heavy atom. The van der Waals surface area contributed by atoms with Crippen LogP contribution in [-0.4, -0.2) is 11.9 Å². The highest BCUT2D eigenvalue weighted by Crippen LogP contribution is 2.42. The lowest BCUT2D eigenvalue weighted by Gasteiger charge is -2.09. The van der Waals surface area contributed by atoms with Gasteiger partial charge in [0, 0.05) is 28.9 Å². The van der Waals surface area contributed by atoms with Crippen molar-refractivity contribution in [1.29, 1.82) is 0 Å². The summed E-state index contributed by atoms with van der Waals surface area (Å²) in [4.78, 5) is 12.4. The molecule has 2 N–H and O–H groups in total. The third-order valence-corrected chi connectivity index (χ3v) is 4.58. The fraction of sp³-hybridized carbons (Fsp3) is 0.136. The third kappa shape index (κ3) is 3.75. The van der Waals surface area contributed by atoms with Gasteiger partial charge in [0.15, 0.2) is 0 Å². The quantitative estimate of drug-likeness (QED) is 0.679. The summed E-state index contributed by atoms with van der Waals surface area (Å²) in [5, 5.41) is 6.22. The predicted molar refractivity (Wildman–Crippen MR) is 102 cm³/mol. The molecule has 26 heavy (non-hydrogen) atoms. The molecular formula is C22H19FN2O. The maximum absolute atomic E-state index is 13.2. The number of carbonyl (C=O) groups excluding carboxylic acids is 1. The minimum atomic E-state index is -0.376. The van der Waals surface area contributed by atoms with Crippen LogP contribution in [-0.2, 0) is 0 Å². The molecule has 3 nitrogen and oxygen atoms in total. The molecule has 1 aliphatic carbocycles. The third-order valence-electron chi connectivity index (χ3n) is 4.58. The van der Waals surface area contributed by atoms with Crippen LogP contribution in [0.3, 0.4) is 0 Å². The van der Waals surface area contributed by atoms with Crippen LogP contribution in [0.4, 0.5) is 15.8 Å². The molecule has 0 aliphatic heterocycles. The normalized spacial score (nSPS) is 18.2. The summed E-state index contributed by atoms with van der Waals surface area (Å²) in [6.07, 6.45) is 1.09. The van der Waals surface area contributed by atoms with Crippen molar-refractivity contribution in [3.05, 3.63) is 95.8 Å². The molecule has 1 fully saturated rings. The molecule has 0 heterocycles. The van der Waals surface area contributed by atoms with E-state index in [4.69, 9.17) is 0 Å². The molecule has 2 unspecified atom stereocenters. The van der Waals surface area contributed by atoms with Crippen molar-refractivity contribution in [2.75, 3.05) is 10.6 Å². The molecule has 0 bridgehead atoms. The Morgan fingerprint density at radius 1 is 0.885 bits per heavy atom. The maximum Gasteiger partial charge on any atom is 0.255 e. The number of hydrogen-bond acceptors (Lipinski definition) is 2. The molecular weight excluding hydrogens is 327 g/mol. The van der Waals surface area contributed by atoms with E-state index < -0.39 is 0 Å². The minimum absolute atomic E-state index is 0.255. The van der Waals surface area contributed by atoms with Crippen molar-refractivity contribution in [2.45, 2.75) is 18.4 Å². The number of halogens is 1. The van der Waals surface area contributed by atoms with E-state index in [1.54, 1.807) is 18.2 Å². The van der Waals surface area contributed by atoms with Crippen molar-refractivity contribution in [1.82, 2.24) is 0 Å². The Hall–Kier alpha value is -3.14. The Labute approximate surface area is 151 Å². The fourth-order valence-electron chi connectivity index (χ4n) is 3.16. The maximum atomic E-state index is 13.2. The van der Waals surface area contributed by atoms with Gasteiger partial charge in [-0.1, -0.05) is 42.5 Å². The van der Waals surface area contributed by atoms with Crippen LogP contribution >= 0.6 is 0 Å². The second kappa shape index (κ2) is 7.00. The number of hydrogen-bond donors (Lipinski definition) is 2. The SMILES string of the molecule is O=C(Nc1cccc(F)c1)c1cccc(NC2CC2c2ccccc2)c1. The van der Waals surface area contributed by atoms with Crippen LogP contribution in [0.2, 0.25) is 0 Å². The van der Waals surface area contributed by atoms with E-state index in [2.05, 4.69) is 34.9 Å². The van der Waals surface area contributed by atoms with Crippen molar-refractivity contribution in [3.63, 3.8) is 0 Å². The zero-order valence-corrected chi connectivity index (χ0v) is 14.2. The minimum Gasteiger partial charge on any atom is -0.382 e. The van der Waals surface area contributed by atoms with Crippen LogP contribution in [0.25, 0.3) is 0 Å². The molecule has 0 spiro atoms. The van der Waals surface area contributed by atoms with Crippen molar-refractivity contribution in [3.8, 4) is 0 Å². The molecule has 130 valence electrons. The summed E-state index contributed by atoms with van der Waals surface area (Å²) in [6.45, 7) is 0. The largest absolute Gasteiger partial charge is 0.382 e. The summed E-state index contributed by atoms with van der Waals surface area (Å²) in [5.41, 5.74) is 3.24. The van der Waals surface area contributed by atoms with Gasteiger partial charge in [0.2, 0.25) is 0 Å². The first-order valence-corrected chi connectivity index (χ1v) is 8.67. The van der Waals surface area contributed by atoms with E-state index in [0.717, 1.165) is 12.1 Å². The number of carbonyl (C=O) groups is 1. The molecule has 1 saturated carbocycles. The summed E-state index contributed by atoms with van der Waals surface area (Å²) < 4.78 is 13.2. The fourth-order valence-corrected chi connectivity index (χ4v) is 3.16. The van der Waals surface area contributed by atoms with Gasteiger partial charge in [-0.2, -0.15) is 0 Å². The lowest BCUT2D eigenvalue weighted by Crippen LogP contribution is -2.13. The molecule has 1 amide bonds. The number of anilines is 2. The first kappa shape index (κ1) is 16.3. The highest BCUT2D eigenvalue weighted by atomic mass is 19.1. The van der Waals surface area contributed by atoms with Gasteiger partial charge < -0.3 is 10.6 Å². The van der Waals surface area contributed by atoms with Crippen LogP contribution in [0.1, 0.15) is 28.3 Å². The van der Waals surface area contributed by atoms with E-state index in [1.807, 2.05) is 24.3 Å². The molecule has 0 aromatic heterocycles. The van der Waals surface area contributed by atoms with Gasteiger partial charge >= 0.3 is 0 Å². The van der Waals surface area contributed by atoms with Gasteiger partial charge in [-0.05, 0) is 48.4 Å². The number of rotatable bonds is 5. The van der Waals surface area contributed by atoms with Gasteiger partial charge in [-0.25, -0.2) is 4.39 Å². The molecule has 2 atom stereocenters. The number of amides is 1. The predicted octanol–water partition coefficient (Wildman–Crippen LogP) is 5.05. The molecule has 1 aliphatic rings. The first-order valence-electron chi connectivity index (χ1n) is 8.67. The van der Waals surface area contributed by atoms with Gasteiger partial charge in [0.1, 0.15) is 5.82 Å². The lowest BCUT2D eigenvalue weighted by atomic mass is 10.1.